The van der Waals surface area contributed by atoms with E-state index in [4.69, 9.17) is 0 Å². The summed E-state index contributed by atoms with van der Waals surface area (Å²) in [6, 6.07) is 0.646. The lowest BCUT2D eigenvalue weighted by atomic mass is 9.90. The predicted molar refractivity (Wildman–Crippen MR) is 60.4 cm³/mol. The largest absolute Gasteiger partial charge is 0.394 e. The Morgan fingerprint density at radius 3 is 2.43 bits per heavy atom. The van der Waals surface area contributed by atoms with Gasteiger partial charge in [-0.25, -0.2) is 0 Å². The first-order chi connectivity index (χ1) is 6.70. The minimum Gasteiger partial charge on any atom is -0.394 e. The van der Waals surface area contributed by atoms with Gasteiger partial charge in [-0.2, -0.15) is 0 Å². The minimum absolute atomic E-state index is 0.0449. The molecule has 0 bridgehead atoms. The van der Waals surface area contributed by atoms with Crippen LogP contribution in [0.1, 0.15) is 58.8 Å². The van der Waals surface area contributed by atoms with Crippen molar-refractivity contribution in [3.8, 4) is 0 Å². The Hall–Kier alpha value is -0.0800. The summed E-state index contributed by atoms with van der Waals surface area (Å²) in [6.07, 6.45) is 8.88. The Morgan fingerprint density at radius 2 is 1.93 bits per heavy atom. The number of hydrogen-bond acceptors (Lipinski definition) is 2. The second kappa shape index (κ2) is 5.72. The van der Waals surface area contributed by atoms with E-state index in [1.807, 2.05) is 0 Å². The normalized spacial score (nSPS) is 23.4. The summed E-state index contributed by atoms with van der Waals surface area (Å²) in [7, 11) is 0. The monoisotopic (exact) mass is 199 g/mol. The third-order valence-corrected chi connectivity index (χ3v) is 3.31. The molecule has 1 aliphatic carbocycles. The van der Waals surface area contributed by atoms with E-state index >= 15 is 0 Å². The summed E-state index contributed by atoms with van der Waals surface area (Å²) in [6.45, 7) is 4.58. The van der Waals surface area contributed by atoms with Crippen molar-refractivity contribution in [1.82, 2.24) is 5.32 Å². The average Bonchev–Trinajstić information content (AvgIpc) is 2.20. The van der Waals surface area contributed by atoms with Crippen molar-refractivity contribution in [2.24, 2.45) is 0 Å². The van der Waals surface area contributed by atoms with E-state index in [1.165, 1.54) is 32.1 Å². The van der Waals surface area contributed by atoms with Crippen LogP contribution < -0.4 is 5.32 Å². The Bertz CT molecular complexity index is 154. The zero-order valence-electron chi connectivity index (χ0n) is 9.68. The van der Waals surface area contributed by atoms with E-state index in [-0.39, 0.29) is 12.1 Å². The first-order valence-electron chi connectivity index (χ1n) is 6.09. The first kappa shape index (κ1) is 12.0. The molecular weight excluding hydrogens is 174 g/mol. The van der Waals surface area contributed by atoms with Crippen molar-refractivity contribution in [3.63, 3.8) is 0 Å². The average molecular weight is 199 g/mol. The lowest BCUT2D eigenvalue weighted by Crippen LogP contribution is -2.51. The lowest BCUT2D eigenvalue weighted by Gasteiger charge is -2.35. The van der Waals surface area contributed by atoms with Crippen LogP contribution in [-0.2, 0) is 0 Å². The van der Waals surface area contributed by atoms with Gasteiger partial charge in [-0.15, -0.1) is 0 Å². The Labute approximate surface area is 88.1 Å². The molecule has 2 nitrogen and oxygen atoms in total. The van der Waals surface area contributed by atoms with Gasteiger partial charge < -0.3 is 10.4 Å². The fraction of sp³-hybridized carbons (Fsp3) is 1.00. The van der Waals surface area contributed by atoms with E-state index in [0.717, 1.165) is 12.8 Å². The molecule has 0 aliphatic heterocycles. The van der Waals surface area contributed by atoms with E-state index in [0.29, 0.717) is 6.04 Å². The van der Waals surface area contributed by atoms with Gasteiger partial charge in [-0.05, 0) is 26.2 Å². The van der Waals surface area contributed by atoms with Crippen LogP contribution in [0.5, 0.6) is 0 Å². The molecule has 1 unspecified atom stereocenters. The van der Waals surface area contributed by atoms with Crippen LogP contribution >= 0.6 is 0 Å². The molecule has 0 aromatic carbocycles. The van der Waals surface area contributed by atoms with Crippen LogP contribution in [0.3, 0.4) is 0 Å². The molecule has 2 heteroatoms. The van der Waals surface area contributed by atoms with Crippen LogP contribution in [0.25, 0.3) is 0 Å². The second-order valence-electron chi connectivity index (χ2n) is 4.95. The third-order valence-electron chi connectivity index (χ3n) is 3.31. The van der Waals surface area contributed by atoms with E-state index in [1.54, 1.807) is 0 Å². The number of rotatable bonds is 5. The van der Waals surface area contributed by atoms with E-state index < -0.39 is 0 Å². The minimum atomic E-state index is -0.0449. The predicted octanol–water partition coefficient (Wildman–Crippen LogP) is 2.46. The summed E-state index contributed by atoms with van der Waals surface area (Å²) in [5.74, 6) is 0. The van der Waals surface area contributed by atoms with Gasteiger partial charge in [-0.1, -0.05) is 32.6 Å². The van der Waals surface area contributed by atoms with Gasteiger partial charge in [0, 0.05) is 11.6 Å². The first-order valence-corrected chi connectivity index (χ1v) is 6.09. The summed E-state index contributed by atoms with van der Waals surface area (Å²) < 4.78 is 0. The van der Waals surface area contributed by atoms with Crippen LogP contribution in [-0.4, -0.2) is 23.3 Å². The fourth-order valence-corrected chi connectivity index (χ4v) is 2.49. The van der Waals surface area contributed by atoms with Crippen molar-refractivity contribution >= 4 is 0 Å². The lowest BCUT2D eigenvalue weighted by molar-refractivity contribution is 0.142. The molecular formula is C12H25NO. The van der Waals surface area contributed by atoms with Crippen molar-refractivity contribution in [1.29, 1.82) is 0 Å². The maximum absolute atomic E-state index is 9.38. The summed E-state index contributed by atoms with van der Waals surface area (Å²) in [4.78, 5) is 0. The molecule has 2 N–H and O–H groups in total. The van der Waals surface area contributed by atoms with Crippen LogP contribution in [0, 0.1) is 0 Å². The highest BCUT2D eigenvalue weighted by Crippen LogP contribution is 2.21. The highest BCUT2D eigenvalue weighted by Gasteiger charge is 2.26. The van der Waals surface area contributed by atoms with Gasteiger partial charge >= 0.3 is 0 Å². The number of nitrogens with one attached hydrogen (secondary N) is 1. The van der Waals surface area contributed by atoms with E-state index in [9.17, 15) is 5.11 Å². The maximum atomic E-state index is 9.38. The van der Waals surface area contributed by atoms with Gasteiger partial charge in [0.2, 0.25) is 0 Å². The van der Waals surface area contributed by atoms with Crippen molar-refractivity contribution in [2.45, 2.75) is 70.4 Å². The summed E-state index contributed by atoms with van der Waals surface area (Å²) in [5.41, 5.74) is -0.0449. The van der Waals surface area contributed by atoms with Crippen LogP contribution in [0.2, 0.25) is 0 Å². The van der Waals surface area contributed by atoms with Gasteiger partial charge in [0.25, 0.3) is 0 Å². The molecule has 1 saturated carbocycles. The van der Waals surface area contributed by atoms with Crippen LogP contribution in [0.4, 0.5) is 0 Å². The third kappa shape index (κ3) is 3.58. The maximum Gasteiger partial charge on any atom is 0.0610 e. The Kier molecular flexibility index (Phi) is 4.90. The highest BCUT2D eigenvalue weighted by atomic mass is 16.3. The molecule has 1 fully saturated rings. The zero-order valence-corrected chi connectivity index (χ0v) is 9.68. The Morgan fingerprint density at radius 1 is 1.29 bits per heavy atom. The molecule has 0 spiro atoms. The van der Waals surface area contributed by atoms with Crippen molar-refractivity contribution in [3.05, 3.63) is 0 Å². The molecule has 0 heterocycles. The molecule has 84 valence electrons. The molecule has 1 aliphatic rings. The topological polar surface area (TPSA) is 32.3 Å². The standard InChI is InChI=1S/C12H25NO/c1-3-9-12(2,10-14)13-11-7-5-4-6-8-11/h11,13-14H,3-10H2,1-2H3. The molecule has 1 rings (SSSR count). The smallest absolute Gasteiger partial charge is 0.0610 e. The zero-order chi connectivity index (χ0) is 10.4. The number of hydrogen-bond donors (Lipinski definition) is 2. The van der Waals surface area contributed by atoms with Gasteiger partial charge in [0.1, 0.15) is 0 Å². The second-order valence-corrected chi connectivity index (χ2v) is 4.95. The quantitative estimate of drug-likeness (QED) is 0.713. The van der Waals surface area contributed by atoms with Crippen LogP contribution in [0.15, 0.2) is 0 Å². The van der Waals surface area contributed by atoms with Gasteiger partial charge in [0.05, 0.1) is 6.61 Å². The number of aliphatic hydroxyl groups excluding tert-OH is 1. The molecule has 0 aromatic heterocycles. The summed E-state index contributed by atoms with van der Waals surface area (Å²) >= 11 is 0. The molecule has 14 heavy (non-hydrogen) atoms. The Balaban J connectivity index is 2.37. The van der Waals surface area contributed by atoms with Gasteiger partial charge in [0.15, 0.2) is 0 Å². The van der Waals surface area contributed by atoms with Gasteiger partial charge in [-0.3, -0.25) is 0 Å². The highest BCUT2D eigenvalue weighted by molar-refractivity contribution is 4.86. The fourth-order valence-electron chi connectivity index (χ4n) is 2.49. The molecule has 1 atom stereocenters. The van der Waals surface area contributed by atoms with E-state index in [2.05, 4.69) is 19.2 Å². The molecule has 0 saturated heterocycles. The molecule has 0 radical (unpaired) electrons. The van der Waals surface area contributed by atoms with Crippen molar-refractivity contribution < 1.29 is 5.11 Å². The molecule has 0 amide bonds. The molecule has 0 aromatic rings. The van der Waals surface area contributed by atoms with Crippen molar-refractivity contribution in [2.75, 3.05) is 6.61 Å². The SMILES string of the molecule is CCCC(C)(CO)NC1CCCCC1. The number of aliphatic hydroxyl groups is 1. The summed E-state index contributed by atoms with van der Waals surface area (Å²) in [5, 5.41) is 13.0.